The van der Waals surface area contributed by atoms with Crippen molar-refractivity contribution in [2.75, 3.05) is 24.7 Å². The van der Waals surface area contributed by atoms with Crippen molar-refractivity contribution in [1.29, 1.82) is 0 Å². The average Bonchev–Trinajstić information content (AvgIpc) is 2.75. The molecule has 0 saturated carbocycles. The molecule has 2 aromatic rings. The number of hydrogen-bond donors (Lipinski definition) is 2. The van der Waals surface area contributed by atoms with Crippen molar-refractivity contribution in [3.63, 3.8) is 0 Å². The smallest absolute Gasteiger partial charge is 0.253 e. The number of benzene rings is 1. The fourth-order valence-electron chi connectivity index (χ4n) is 4.18. The van der Waals surface area contributed by atoms with Gasteiger partial charge in [-0.15, -0.1) is 0 Å². The number of aryl methyl sites for hydroxylation is 1. The topological polar surface area (TPSA) is 74.4 Å². The summed E-state index contributed by atoms with van der Waals surface area (Å²) in [5.41, 5.74) is 3.16. The minimum absolute atomic E-state index is 0.0353. The Hall–Kier alpha value is -2.19. The summed E-state index contributed by atoms with van der Waals surface area (Å²) in [5.74, 6) is -0.298. The maximum atomic E-state index is 13.4. The molecule has 2 heterocycles. The van der Waals surface area contributed by atoms with Gasteiger partial charge in [0.1, 0.15) is 6.67 Å². The normalized spacial score (nSPS) is 14.5. The van der Waals surface area contributed by atoms with Crippen LogP contribution >= 0.6 is 15.9 Å². The van der Waals surface area contributed by atoms with E-state index in [-0.39, 0.29) is 23.6 Å². The van der Waals surface area contributed by atoms with E-state index in [0.717, 1.165) is 48.3 Å². The average molecular weight is 494 g/mol. The number of anilines is 1. The highest BCUT2D eigenvalue weighted by Crippen LogP contribution is 2.31. The Bertz CT molecular complexity index is 1000. The fourth-order valence-corrected chi connectivity index (χ4v) is 4.63. The first-order valence-electron chi connectivity index (χ1n) is 10.6. The Balaban J connectivity index is 1.86. The number of nitrogens with one attached hydrogen (secondary N) is 2. The lowest BCUT2D eigenvalue weighted by Crippen LogP contribution is -2.40. The maximum absolute atomic E-state index is 13.4. The van der Waals surface area contributed by atoms with Crippen LogP contribution < -0.4 is 15.8 Å². The van der Waals surface area contributed by atoms with Gasteiger partial charge in [-0.05, 0) is 62.9 Å². The third kappa shape index (κ3) is 5.36. The van der Waals surface area contributed by atoms with E-state index in [1.165, 1.54) is 0 Å². The zero-order valence-electron chi connectivity index (χ0n) is 18.2. The molecule has 1 aromatic heterocycles. The molecule has 8 heteroatoms. The minimum Gasteiger partial charge on any atom is -0.381 e. The van der Waals surface area contributed by atoms with E-state index in [1.54, 1.807) is 19.1 Å². The van der Waals surface area contributed by atoms with Crippen LogP contribution in [0.2, 0.25) is 0 Å². The molecule has 1 aromatic carbocycles. The largest absolute Gasteiger partial charge is 0.381 e. The third-order valence-corrected chi connectivity index (χ3v) is 6.26. The SMILES string of the molecule is CCN(c1cc(Br)cc(C(=O)NCc2c(CF)cc(C)[nH]c2=O)c1C)C1CCOCC1. The van der Waals surface area contributed by atoms with Gasteiger partial charge in [0, 0.05) is 59.3 Å². The van der Waals surface area contributed by atoms with Crippen LogP contribution in [0.3, 0.4) is 0 Å². The van der Waals surface area contributed by atoms with E-state index < -0.39 is 6.67 Å². The number of nitrogens with zero attached hydrogens (tertiary/aromatic N) is 1. The van der Waals surface area contributed by atoms with Crippen molar-refractivity contribution < 1.29 is 13.9 Å². The van der Waals surface area contributed by atoms with E-state index in [2.05, 4.69) is 38.1 Å². The number of rotatable bonds is 7. The number of carbonyl (C=O) groups is 1. The molecule has 0 unspecified atom stereocenters. The lowest BCUT2D eigenvalue weighted by molar-refractivity contribution is 0.0845. The van der Waals surface area contributed by atoms with Crippen molar-refractivity contribution >= 4 is 27.5 Å². The van der Waals surface area contributed by atoms with Crippen LogP contribution in [0.25, 0.3) is 0 Å². The van der Waals surface area contributed by atoms with E-state index >= 15 is 0 Å². The number of aromatic amines is 1. The van der Waals surface area contributed by atoms with Crippen LogP contribution in [0.5, 0.6) is 0 Å². The molecule has 1 aliphatic rings. The van der Waals surface area contributed by atoms with Gasteiger partial charge in [-0.3, -0.25) is 9.59 Å². The summed E-state index contributed by atoms with van der Waals surface area (Å²) >= 11 is 3.54. The molecule has 6 nitrogen and oxygen atoms in total. The molecule has 1 fully saturated rings. The number of aromatic nitrogens is 1. The number of H-pyrrole nitrogens is 1. The van der Waals surface area contributed by atoms with Crippen LogP contribution in [0.4, 0.5) is 10.1 Å². The fraction of sp³-hybridized carbons (Fsp3) is 0.478. The summed E-state index contributed by atoms with van der Waals surface area (Å²) < 4.78 is 19.7. The van der Waals surface area contributed by atoms with Gasteiger partial charge < -0.3 is 19.9 Å². The highest BCUT2D eigenvalue weighted by molar-refractivity contribution is 9.10. The van der Waals surface area contributed by atoms with E-state index in [9.17, 15) is 14.0 Å². The van der Waals surface area contributed by atoms with Gasteiger partial charge in [-0.1, -0.05) is 15.9 Å². The van der Waals surface area contributed by atoms with Crippen molar-refractivity contribution in [1.82, 2.24) is 10.3 Å². The van der Waals surface area contributed by atoms with Gasteiger partial charge in [0.15, 0.2) is 0 Å². The van der Waals surface area contributed by atoms with E-state index in [0.29, 0.717) is 22.9 Å². The van der Waals surface area contributed by atoms with Gasteiger partial charge in [0.2, 0.25) is 0 Å². The lowest BCUT2D eigenvalue weighted by Gasteiger charge is -2.36. The molecule has 2 N–H and O–H groups in total. The van der Waals surface area contributed by atoms with Crippen LogP contribution in [0, 0.1) is 13.8 Å². The number of alkyl halides is 1. The summed E-state index contributed by atoms with van der Waals surface area (Å²) in [7, 11) is 0. The molecule has 0 aliphatic carbocycles. The molecule has 1 aliphatic heterocycles. The predicted molar refractivity (Wildman–Crippen MR) is 124 cm³/mol. The molecule has 0 spiro atoms. The van der Waals surface area contributed by atoms with Gasteiger partial charge >= 0.3 is 0 Å². The summed E-state index contributed by atoms with van der Waals surface area (Å²) in [5, 5.41) is 2.80. The Morgan fingerprint density at radius 1 is 1.29 bits per heavy atom. The Morgan fingerprint density at radius 3 is 2.65 bits per heavy atom. The van der Waals surface area contributed by atoms with Gasteiger partial charge in [-0.25, -0.2) is 4.39 Å². The van der Waals surface area contributed by atoms with Crippen molar-refractivity contribution in [3.05, 3.63) is 61.0 Å². The van der Waals surface area contributed by atoms with Crippen LogP contribution in [-0.2, 0) is 18.0 Å². The maximum Gasteiger partial charge on any atom is 0.253 e. The second-order valence-corrected chi connectivity index (χ2v) is 8.74. The van der Waals surface area contributed by atoms with Crippen molar-refractivity contribution in [3.8, 4) is 0 Å². The van der Waals surface area contributed by atoms with Gasteiger partial charge in [0.05, 0.1) is 0 Å². The monoisotopic (exact) mass is 493 g/mol. The number of hydrogen-bond acceptors (Lipinski definition) is 4. The Labute approximate surface area is 190 Å². The first kappa shape index (κ1) is 23.5. The van der Waals surface area contributed by atoms with E-state index in [4.69, 9.17) is 4.74 Å². The predicted octanol–water partition coefficient (Wildman–Crippen LogP) is 4.16. The summed E-state index contributed by atoms with van der Waals surface area (Å²) in [4.78, 5) is 30.3. The zero-order valence-corrected chi connectivity index (χ0v) is 19.8. The molecular formula is C23H29BrFN3O3. The molecule has 31 heavy (non-hydrogen) atoms. The molecule has 1 saturated heterocycles. The Kier molecular flexibility index (Phi) is 7.89. The molecule has 1 amide bonds. The number of amides is 1. The zero-order chi connectivity index (χ0) is 22.5. The van der Waals surface area contributed by atoms with Crippen molar-refractivity contribution in [2.24, 2.45) is 0 Å². The summed E-state index contributed by atoms with van der Waals surface area (Å²) in [6.07, 6.45) is 1.90. The molecule has 0 atom stereocenters. The molecule has 3 rings (SSSR count). The second-order valence-electron chi connectivity index (χ2n) is 7.83. The lowest BCUT2D eigenvalue weighted by atomic mass is 10.0. The summed E-state index contributed by atoms with van der Waals surface area (Å²) in [6.45, 7) is 7.25. The first-order valence-corrected chi connectivity index (χ1v) is 11.3. The molecule has 168 valence electrons. The molecular weight excluding hydrogens is 465 g/mol. The summed E-state index contributed by atoms with van der Waals surface area (Å²) in [6, 6.07) is 5.78. The number of ether oxygens (including phenoxy) is 1. The number of carbonyl (C=O) groups excluding carboxylic acids is 1. The van der Waals surface area contributed by atoms with Gasteiger partial charge in [-0.2, -0.15) is 0 Å². The number of halogens is 2. The van der Waals surface area contributed by atoms with E-state index in [1.807, 2.05) is 13.0 Å². The minimum atomic E-state index is -0.757. The standard InChI is InChI=1S/C23H29BrFN3O3/c1-4-28(18-5-7-31-8-6-18)21-11-17(24)10-19(15(21)3)22(29)26-13-20-16(12-25)9-14(2)27-23(20)30/h9-11,18H,4-8,12-13H2,1-3H3,(H,26,29)(H,27,30). The quantitative estimate of drug-likeness (QED) is 0.607. The van der Waals surface area contributed by atoms with Gasteiger partial charge in [0.25, 0.3) is 11.5 Å². The first-order chi connectivity index (χ1) is 14.8. The van der Waals surface area contributed by atoms with Crippen molar-refractivity contribution in [2.45, 2.75) is 52.9 Å². The van der Waals surface area contributed by atoms with Crippen LogP contribution in [-0.4, -0.2) is 36.7 Å². The Morgan fingerprint density at radius 2 is 2.00 bits per heavy atom. The molecule has 0 bridgehead atoms. The highest BCUT2D eigenvalue weighted by Gasteiger charge is 2.24. The second kappa shape index (κ2) is 10.4. The molecule has 0 radical (unpaired) electrons. The van der Waals surface area contributed by atoms with Crippen LogP contribution in [0.15, 0.2) is 27.5 Å². The number of pyridine rings is 1. The highest BCUT2D eigenvalue weighted by atomic mass is 79.9. The van der Waals surface area contributed by atoms with Crippen LogP contribution in [0.1, 0.15) is 52.5 Å². The third-order valence-electron chi connectivity index (χ3n) is 5.80.